The number of rotatable bonds is 1. The highest BCUT2D eigenvalue weighted by Gasteiger charge is 1.87. The highest BCUT2D eigenvalue weighted by molar-refractivity contribution is 9.10. The number of hydrogen-bond donors (Lipinski definition) is 0. The molecule has 0 N–H and O–H groups in total. The number of benzene rings is 1. The van der Waals surface area contributed by atoms with Gasteiger partial charge in [0.05, 0.1) is 0 Å². The molecule has 1 rings (SSSR count). The van der Waals surface area contributed by atoms with E-state index in [0.29, 0.717) is 5.75 Å². The van der Waals surface area contributed by atoms with Crippen LogP contribution >= 0.6 is 15.9 Å². The molecule has 0 radical (unpaired) electrons. The lowest BCUT2D eigenvalue weighted by atomic mass is 10.2. The van der Waals surface area contributed by atoms with E-state index in [1.54, 1.807) is 0 Å². The molecule has 0 aliphatic heterocycles. The second-order valence-electron chi connectivity index (χ2n) is 1.74. The summed E-state index contributed by atoms with van der Waals surface area (Å²) >= 11 is 8.27. The Bertz CT molecular complexity index is 198. The molecule has 9 heavy (non-hydrogen) atoms. The van der Waals surface area contributed by atoms with Crippen LogP contribution in [0.4, 0.5) is 0 Å². The van der Waals surface area contributed by atoms with Crippen LogP contribution < -0.4 is 0 Å². The van der Waals surface area contributed by atoms with Crippen molar-refractivity contribution in [3.05, 3.63) is 34.3 Å². The molecule has 48 valence electrons. The summed E-state index contributed by atoms with van der Waals surface area (Å²) in [6.45, 7) is 0. The minimum atomic E-state index is 0.682. The van der Waals surface area contributed by atoms with Crippen molar-refractivity contribution >= 4 is 28.6 Å². The first-order chi connectivity index (χ1) is 4.34. The Kier molecular flexibility index (Phi) is 2.61. The number of halogens is 1. The molecule has 0 atom stereocenters. The van der Waals surface area contributed by atoms with Crippen LogP contribution in [0.2, 0.25) is 0 Å². The highest BCUT2D eigenvalue weighted by Crippen LogP contribution is 2.15. The third-order valence-electron chi connectivity index (χ3n) is 1.11. The van der Waals surface area contributed by atoms with E-state index in [0.717, 1.165) is 4.47 Å². The molecule has 0 heterocycles. The molecule has 0 spiro atoms. The lowest BCUT2D eigenvalue weighted by Gasteiger charge is -2.04. The third kappa shape index (κ3) is 1.73. The normalized spacial score (nSPS) is 9.56. The Labute approximate surface area is 68.8 Å². The van der Waals surface area contributed by atoms with Crippen LogP contribution in [-0.2, 0) is 18.4 Å². The minimum Gasteiger partial charge on any atom is -0.788 e. The van der Waals surface area contributed by atoms with E-state index in [2.05, 4.69) is 15.9 Å². The largest absolute Gasteiger partial charge is 0.788 e. The van der Waals surface area contributed by atoms with Crippen LogP contribution in [0.15, 0.2) is 28.7 Å². The Morgan fingerprint density at radius 1 is 1.33 bits per heavy atom. The molecule has 0 aromatic heterocycles. The zero-order valence-electron chi connectivity index (χ0n) is 4.80. The smallest absolute Gasteiger partial charge is 0.0187 e. The van der Waals surface area contributed by atoms with Gasteiger partial charge in [0.2, 0.25) is 0 Å². The quantitative estimate of drug-likeness (QED) is 0.630. The molecule has 0 aliphatic rings. The summed E-state index contributed by atoms with van der Waals surface area (Å²) in [5.41, 5.74) is 1.19. The van der Waals surface area contributed by atoms with Crippen molar-refractivity contribution in [2.45, 2.75) is 5.75 Å². The summed E-state index contributed by atoms with van der Waals surface area (Å²) in [5.74, 6) is 0.682. The van der Waals surface area contributed by atoms with Crippen molar-refractivity contribution in [3.8, 4) is 0 Å². The van der Waals surface area contributed by atoms with Crippen molar-refractivity contribution < 1.29 is 0 Å². The summed E-state index contributed by atoms with van der Waals surface area (Å²) < 4.78 is 1.11. The van der Waals surface area contributed by atoms with E-state index in [1.165, 1.54) is 5.56 Å². The minimum absolute atomic E-state index is 0.682. The molecule has 1 aromatic carbocycles. The Morgan fingerprint density at radius 2 is 2.00 bits per heavy atom. The molecule has 0 nitrogen and oxygen atoms in total. The van der Waals surface area contributed by atoms with Crippen molar-refractivity contribution in [2.75, 3.05) is 0 Å². The van der Waals surface area contributed by atoms with Gasteiger partial charge in [0.1, 0.15) is 0 Å². The van der Waals surface area contributed by atoms with Gasteiger partial charge in [-0.25, -0.2) is 0 Å². The van der Waals surface area contributed by atoms with Crippen molar-refractivity contribution in [1.82, 2.24) is 0 Å². The first kappa shape index (κ1) is 7.16. The molecule has 0 saturated carbocycles. The molecule has 0 bridgehead atoms. The van der Waals surface area contributed by atoms with Gasteiger partial charge in [0.15, 0.2) is 0 Å². The van der Waals surface area contributed by atoms with Crippen molar-refractivity contribution in [3.63, 3.8) is 0 Å². The Hall–Kier alpha value is 0.0500. The van der Waals surface area contributed by atoms with E-state index >= 15 is 0 Å². The lowest BCUT2D eigenvalue weighted by molar-refractivity contribution is 1.39. The molecule has 0 saturated heterocycles. The maximum Gasteiger partial charge on any atom is 0.0187 e. The average Bonchev–Trinajstić information content (AvgIpc) is 1.89. The second kappa shape index (κ2) is 3.28. The lowest BCUT2D eigenvalue weighted by Crippen LogP contribution is -1.79. The second-order valence-corrected chi connectivity index (χ2v) is 2.88. The van der Waals surface area contributed by atoms with Gasteiger partial charge in [0.25, 0.3) is 0 Å². The molecule has 0 unspecified atom stereocenters. The fourth-order valence-corrected chi connectivity index (χ4v) is 1.48. The predicted octanol–water partition coefficient (Wildman–Crippen LogP) is 2.50. The summed E-state index contributed by atoms with van der Waals surface area (Å²) in [5, 5.41) is 0. The van der Waals surface area contributed by atoms with Crippen LogP contribution in [0.25, 0.3) is 0 Å². The summed E-state index contributed by atoms with van der Waals surface area (Å²) in [6, 6.07) is 8.00. The Balaban J connectivity index is 3.01. The van der Waals surface area contributed by atoms with E-state index < -0.39 is 0 Å². The zero-order chi connectivity index (χ0) is 6.69. The first-order valence-corrected chi connectivity index (χ1v) is 4.03. The van der Waals surface area contributed by atoms with Gasteiger partial charge in [0, 0.05) is 4.47 Å². The van der Waals surface area contributed by atoms with Crippen molar-refractivity contribution in [1.29, 1.82) is 0 Å². The fraction of sp³-hybridized carbons (Fsp3) is 0.143. The summed E-state index contributed by atoms with van der Waals surface area (Å²) in [7, 11) is 0. The predicted molar refractivity (Wildman–Crippen MR) is 45.2 cm³/mol. The van der Waals surface area contributed by atoms with Crippen LogP contribution in [0.3, 0.4) is 0 Å². The van der Waals surface area contributed by atoms with Crippen LogP contribution in [-0.4, -0.2) is 0 Å². The molecule has 1 aromatic rings. The van der Waals surface area contributed by atoms with Gasteiger partial charge in [-0.05, 0) is 6.07 Å². The Morgan fingerprint density at radius 3 is 2.44 bits per heavy atom. The SMILES string of the molecule is [S-]Cc1ccccc1Br. The molecule has 2 heteroatoms. The van der Waals surface area contributed by atoms with E-state index in [1.807, 2.05) is 24.3 Å². The van der Waals surface area contributed by atoms with Gasteiger partial charge < -0.3 is 12.6 Å². The van der Waals surface area contributed by atoms with Crippen LogP contribution in [0.1, 0.15) is 5.56 Å². The summed E-state index contributed by atoms with van der Waals surface area (Å²) in [4.78, 5) is 0. The topological polar surface area (TPSA) is 0 Å². The van der Waals surface area contributed by atoms with E-state index in [-0.39, 0.29) is 0 Å². The standard InChI is InChI=1S/C7H7BrS/c8-7-4-2-1-3-6(7)5-9/h1-4,9H,5H2/p-1. The maximum atomic E-state index is 4.88. The molecule has 0 fully saturated rings. The van der Waals surface area contributed by atoms with Gasteiger partial charge in [-0.1, -0.05) is 39.7 Å². The molecule has 0 aliphatic carbocycles. The molecule has 0 amide bonds. The van der Waals surface area contributed by atoms with Crippen LogP contribution in [0, 0.1) is 0 Å². The number of hydrogen-bond acceptors (Lipinski definition) is 1. The van der Waals surface area contributed by atoms with Gasteiger partial charge in [-0.3, -0.25) is 0 Å². The third-order valence-corrected chi connectivity index (χ3v) is 2.20. The molecular formula is C7H6BrS-. The van der Waals surface area contributed by atoms with E-state index in [9.17, 15) is 0 Å². The van der Waals surface area contributed by atoms with Gasteiger partial charge in [-0.2, -0.15) is 0 Å². The fourth-order valence-electron chi connectivity index (χ4n) is 0.615. The highest BCUT2D eigenvalue weighted by atomic mass is 79.9. The van der Waals surface area contributed by atoms with Crippen molar-refractivity contribution in [2.24, 2.45) is 0 Å². The average molecular weight is 202 g/mol. The van der Waals surface area contributed by atoms with Gasteiger partial charge in [-0.15, -0.1) is 5.75 Å². The molecular weight excluding hydrogens is 196 g/mol. The monoisotopic (exact) mass is 201 g/mol. The van der Waals surface area contributed by atoms with Crippen LogP contribution in [0.5, 0.6) is 0 Å². The van der Waals surface area contributed by atoms with E-state index in [4.69, 9.17) is 12.6 Å². The maximum absolute atomic E-state index is 4.88. The summed E-state index contributed by atoms with van der Waals surface area (Å²) in [6.07, 6.45) is 0. The zero-order valence-corrected chi connectivity index (χ0v) is 7.21. The van der Waals surface area contributed by atoms with Gasteiger partial charge >= 0.3 is 0 Å². The first-order valence-electron chi connectivity index (χ1n) is 2.66.